The van der Waals surface area contributed by atoms with Crippen LogP contribution in [-0.2, 0) is 4.79 Å². The molecule has 1 aromatic carbocycles. The van der Waals surface area contributed by atoms with E-state index in [4.69, 9.17) is 5.11 Å². The lowest BCUT2D eigenvalue weighted by Gasteiger charge is -2.34. The molecular formula is C17H23NO2. The Morgan fingerprint density at radius 1 is 1.45 bits per heavy atom. The van der Waals surface area contributed by atoms with E-state index in [9.17, 15) is 4.79 Å². The number of anilines is 1. The number of aryl methyl sites for hydroxylation is 1. The molecule has 108 valence electrons. The molecule has 1 fully saturated rings. The van der Waals surface area contributed by atoms with E-state index in [-0.39, 0.29) is 0 Å². The van der Waals surface area contributed by atoms with Crippen LogP contribution in [0, 0.1) is 12.8 Å². The molecule has 0 unspecified atom stereocenters. The van der Waals surface area contributed by atoms with Crippen LogP contribution in [-0.4, -0.2) is 24.2 Å². The normalized spacial score (nSPS) is 15.3. The van der Waals surface area contributed by atoms with Crippen LogP contribution in [0.15, 0.2) is 24.3 Å². The summed E-state index contributed by atoms with van der Waals surface area (Å²) in [6.45, 7) is 6.44. The number of carboxylic acids is 1. The molecule has 0 atom stereocenters. The fourth-order valence-electron chi connectivity index (χ4n) is 2.69. The van der Waals surface area contributed by atoms with Crippen molar-refractivity contribution in [3.8, 4) is 0 Å². The Morgan fingerprint density at radius 3 is 2.70 bits per heavy atom. The number of hydrogen-bond donors (Lipinski definition) is 1. The summed E-state index contributed by atoms with van der Waals surface area (Å²) in [4.78, 5) is 13.0. The predicted octanol–water partition coefficient (Wildman–Crippen LogP) is 3.72. The van der Waals surface area contributed by atoms with Crippen molar-refractivity contribution in [3.05, 3.63) is 35.4 Å². The van der Waals surface area contributed by atoms with Gasteiger partial charge in [-0.2, -0.15) is 0 Å². The Morgan fingerprint density at radius 2 is 2.20 bits per heavy atom. The van der Waals surface area contributed by atoms with Gasteiger partial charge in [0.05, 0.1) is 0 Å². The lowest BCUT2D eigenvalue weighted by atomic mass is 9.85. The minimum atomic E-state index is -0.910. The molecule has 1 saturated carbocycles. The lowest BCUT2D eigenvalue weighted by molar-refractivity contribution is -0.131. The molecule has 0 amide bonds. The molecule has 0 aliphatic heterocycles. The first kappa shape index (κ1) is 14.6. The Bertz CT molecular complexity index is 504. The first-order valence-corrected chi connectivity index (χ1v) is 7.36. The van der Waals surface area contributed by atoms with Gasteiger partial charge in [-0.25, -0.2) is 4.79 Å². The van der Waals surface area contributed by atoms with E-state index in [0.29, 0.717) is 0 Å². The summed E-state index contributed by atoms with van der Waals surface area (Å²) in [5.41, 5.74) is 3.42. The van der Waals surface area contributed by atoms with E-state index in [1.807, 2.05) is 6.07 Å². The van der Waals surface area contributed by atoms with E-state index >= 15 is 0 Å². The first-order chi connectivity index (χ1) is 9.60. The molecule has 0 radical (unpaired) electrons. The molecular weight excluding hydrogens is 250 g/mol. The van der Waals surface area contributed by atoms with Gasteiger partial charge in [-0.1, -0.05) is 12.5 Å². The summed E-state index contributed by atoms with van der Waals surface area (Å²) in [6.07, 6.45) is 6.91. The number of benzene rings is 1. The van der Waals surface area contributed by atoms with E-state index in [1.54, 1.807) is 6.08 Å². The number of nitrogens with zero attached hydrogens (tertiary/aromatic N) is 1. The van der Waals surface area contributed by atoms with Crippen molar-refractivity contribution < 1.29 is 9.90 Å². The van der Waals surface area contributed by atoms with Crippen LogP contribution in [0.5, 0.6) is 0 Å². The van der Waals surface area contributed by atoms with Crippen molar-refractivity contribution in [1.82, 2.24) is 0 Å². The third-order valence-electron chi connectivity index (χ3n) is 4.06. The van der Waals surface area contributed by atoms with E-state index < -0.39 is 5.97 Å². The molecule has 1 aliphatic carbocycles. The molecule has 20 heavy (non-hydrogen) atoms. The van der Waals surface area contributed by atoms with Gasteiger partial charge in [0.25, 0.3) is 0 Å². The Hall–Kier alpha value is -1.77. The van der Waals surface area contributed by atoms with E-state index in [1.165, 1.54) is 36.6 Å². The standard InChI is InChI=1S/C17H23NO2/c1-3-18(12-15-5-4-6-15)16-9-7-14(11-13(16)2)8-10-17(19)20/h7-11,15H,3-6,12H2,1-2H3,(H,19,20)/b10-8+. The highest BCUT2D eigenvalue weighted by Gasteiger charge is 2.20. The Balaban J connectivity index is 2.12. The summed E-state index contributed by atoms with van der Waals surface area (Å²) < 4.78 is 0. The van der Waals surface area contributed by atoms with Crippen LogP contribution in [0.4, 0.5) is 5.69 Å². The second kappa shape index (κ2) is 6.60. The number of aliphatic carboxylic acids is 1. The van der Waals surface area contributed by atoms with Crippen molar-refractivity contribution >= 4 is 17.7 Å². The van der Waals surface area contributed by atoms with Gasteiger partial charge in [0.1, 0.15) is 0 Å². The third kappa shape index (κ3) is 3.62. The molecule has 0 heterocycles. The van der Waals surface area contributed by atoms with Gasteiger partial charge in [0.15, 0.2) is 0 Å². The summed E-state index contributed by atoms with van der Waals surface area (Å²) in [5.74, 6) is -0.0622. The minimum absolute atomic E-state index is 0.848. The molecule has 2 rings (SSSR count). The van der Waals surface area contributed by atoms with E-state index in [2.05, 4.69) is 30.9 Å². The molecule has 1 N–H and O–H groups in total. The number of hydrogen-bond acceptors (Lipinski definition) is 2. The second-order valence-electron chi connectivity index (χ2n) is 5.55. The zero-order valence-electron chi connectivity index (χ0n) is 12.3. The number of carbonyl (C=O) groups is 1. The minimum Gasteiger partial charge on any atom is -0.478 e. The Labute approximate surface area is 120 Å². The fourth-order valence-corrected chi connectivity index (χ4v) is 2.69. The third-order valence-corrected chi connectivity index (χ3v) is 4.06. The maximum Gasteiger partial charge on any atom is 0.328 e. The van der Waals surface area contributed by atoms with Crippen molar-refractivity contribution in [1.29, 1.82) is 0 Å². The molecule has 1 aliphatic rings. The molecule has 3 heteroatoms. The van der Waals surface area contributed by atoms with Gasteiger partial charge in [-0.3, -0.25) is 0 Å². The van der Waals surface area contributed by atoms with Crippen LogP contribution in [0.3, 0.4) is 0 Å². The van der Waals surface area contributed by atoms with Crippen LogP contribution in [0.25, 0.3) is 6.08 Å². The SMILES string of the molecule is CCN(CC1CCC1)c1ccc(/C=C/C(=O)O)cc1C. The monoisotopic (exact) mass is 273 g/mol. The van der Waals surface area contributed by atoms with Gasteiger partial charge in [-0.15, -0.1) is 0 Å². The zero-order valence-corrected chi connectivity index (χ0v) is 12.3. The van der Waals surface area contributed by atoms with Crippen LogP contribution in [0.2, 0.25) is 0 Å². The first-order valence-electron chi connectivity index (χ1n) is 7.36. The highest BCUT2D eigenvalue weighted by Crippen LogP contribution is 2.30. The number of carboxylic acid groups (broad SMARTS) is 1. The van der Waals surface area contributed by atoms with Gasteiger partial charge in [-0.05, 0) is 61.9 Å². The summed E-state index contributed by atoms with van der Waals surface area (Å²) in [5, 5.41) is 8.66. The lowest BCUT2D eigenvalue weighted by Crippen LogP contribution is -2.32. The molecule has 0 spiro atoms. The van der Waals surface area contributed by atoms with Crippen LogP contribution in [0.1, 0.15) is 37.3 Å². The Kier molecular flexibility index (Phi) is 4.83. The summed E-state index contributed by atoms with van der Waals surface area (Å²) in [6, 6.07) is 6.16. The average Bonchev–Trinajstić information content (AvgIpc) is 2.36. The van der Waals surface area contributed by atoms with Gasteiger partial charge in [0, 0.05) is 24.9 Å². The van der Waals surface area contributed by atoms with Crippen LogP contribution < -0.4 is 4.90 Å². The zero-order chi connectivity index (χ0) is 14.5. The van der Waals surface area contributed by atoms with Crippen molar-refractivity contribution in [3.63, 3.8) is 0 Å². The molecule has 0 saturated heterocycles. The summed E-state index contributed by atoms with van der Waals surface area (Å²) >= 11 is 0. The maximum absolute atomic E-state index is 10.5. The topological polar surface area (TPSA) is 40.5 Å². The van der Waals surface area contributed by atoms with Gasteiger partial charge < -0.3 is 10.0 Å². The molecule has 0 aromatic heterocycles. The molecule has 0 bridgehead atoms. The van der Waals surface area contributed by atoms with Gasteiger partial charge in [0.2, 0.25) is 0 Å². The number of rotatable bonds is 6. The largest absolute Gasteiger partial charge is 0.478 e. The second-order valence-corrected chi connectivity index (χ2v) is 5.55. The summed E-state index contributed by atoms with van der Waals surface area (Å²) in [7, 11) is 0. The highest BCUT2D eigenvalue weighted by molar-refractivity contribution is 5.85. The predicted molar refractivity (Wildman–Crippen MR) is 83.1 cm³/mol. The fraction of sp³-hybridized carbons (Fsp3) is 0.471. The smallest absolute Gasteiger partial charge is 0.328 e. The van der Waals surface area contributed by atoms with E-state index in [0.717, 1.165) is 24.6 Å². The van der Waals surface area contributed by atoms with Crippen molar-refractivity contribution in [2.75, 3.05) is 18.0 Å². The van der Waals surface area contributed by atoms with Crippen molar-refractivity contribution in [2.45, 2.75) is 33.1 Å². The molecule has 3 nitrogen and oxygen atoms in total. The highest BCUT2D eigenvalue weighted by atomic mass is 16.4. The molecule has 1 aromatic rings. The maximum atomic E-state index is 10.5. The van der Waals surface area contributed by atoms with Crippen molar-refractivity contribution in [2.24, 2.45) is 5.92 Å². The van der Waals surface area contributed by atoms with Gasteiger partial charge >= 0.3 is 5.97 Å². The van der Waals surface area contributed by atoms with Crippen LogP contribution >= 0.6 is 0 Å². The average molecular weight is 273 g/mol. The quantitative estimate of drug-likeness (QED) is 0.803.